The normalized spacial score (nSPS) is 11.4. The van der Waals surface area contributed by atoms with Crippen molar-refractivity contribution in [3.05, 3.63) is 23.2 Å². The molecule has 0 aliphatic heterocycles. The van der Waals surface area contributed by atoms with E-state index in [1.807, 2.05) is 0 Å². The van der Waals surface area contributed by atoms with Crippen molar-refractivity contribution in [1.82, 2.24) is 0 Å². The van der Waals surface area contributed by atoms with Gasteiger partial charge in [0.2, 0.25) is 5.91 Å². The molecule has 0 heterocycles. The zero-order valence-corrected chi connectivity index (χ0v) is 13.2. The molecule has 0 spiro atoms. The number of sulfone groups is 1. The van der Waals surface area contributed by atoms with E-state index < -0.39 is 21.5 Å². The molecule has 5 nitrogen and oxygen atoms in total. The van der Waals surface area contributed by atoms with Gasteiger partial charge in [-0.1, -0.05) is 25.4 Å². The Morgan fingerprint density at radius 3 is 2.55 bits per heavy atom. The lowest BCUT2D eigenvalue weighted by atomic mass is 10.3. The minimum absolute atomic E-state index is 0.0163. The van der Waals surface area contributed by atoms with Crippen molar-refractivity contribution in [2.45, 2.75) is 13.8 Å². The van der Waals surface area contributed by atoms with Crippen LogP contribution in [0.4, 0.5) is 5.69 Å². The van der Waals surface area contributed by atoms with Gasteiger partial charge in [-0.05, 0) is 18.1 Å². The van der Waals surface area contributed by atoms with Crippen LogP contribution in [-0.4, -0.2) is 32.9 Å². The smallest absolute Gasteiger partial charge is 0.239 e. The lowest BCUT2D eigenvalue weighted by Crippen LogP contribution is -2.26. The van der Waals surface area contributed by atoms with E-state index in [4.69, 9.17) is 16.3 Å². The van der Waals surface area contributed by atoms with Gasteiger partial charge in [-0.3, -0.25) is 4.79 Å². The van der Waals surface area contributed by atoms with Crippen LogP contribution in [0.15, 0.2) is 18.2 Å². The molecule has 0 aliphatic rings. The minimum Gasteiger partial charge on any atom is -0.497 e. The molecule has 0 bridgehead atoms. The quantitative estimate of drug-likeness (QED) is 0.873. The molecule has 0 atom stereocenters. The maximum atomic E-state index is 11.7. The van der Waals surface area contributed by atoms with Gasteiger partial charge < -0.3 is 10.1 Å². The predicted octanol–water partition coefficient (Wildman–Crippen LogP) is 2.36. The zero-order valence-electron chi connectivity index (χ0n) is 11.6. The van der Waals surface area contributed by atoms with Crippen LogP contribution < -0.4 is 10.1 Å². The van der Waals surface area contributed by atoms with Crippen molar-refractivity contribution in [2.75, 3.05) is 23.9 Å². The summed E-state index contributed by atoms with van der Waals surface area (Å²) in [5.41, 5.74) is 0.359. The Bertz CT molecular complexity index is 584. The van der Waals surface area contributed by atoms with E-state index >= 15 is 0 Å². The third-order valence-electron chi connectivity index (χ3n) is 2.39. The maximum Gasteiger partial charge on any atom is 0.239 e. The minimum atomic E-state index is -3.41. The fourth-order valence-electron chi connectivity index (χ4n) is 1.68. The first-order chi connectivity index (χ1) is 9.23. The number of carbonyl (C=O) groups is 1. The van der Waals surface area contributed by atoms with Crippen LogP contribution in [0.3, 0.4) is 0 Å². The van der Waals surface area contributed by atoms with Crippen molar-refractivity contribution in [1.29, 1.82) is 0 Å². The monoisotopic (exact) mass is 319 g/mol. The maximum absolute atomic E-state index is 11.7. The molecule has 1 rings (SSSR count). The van der Waals surface area contributed by atoms with Crippen molar-refractivity contribution < 1.29 is 17.9 Å². The molecule has 112 valence electrons. The van der Waals surface area contributed by atoms with E-state index in [1.165, 1.54) is 7.11 Å². The number of methoxy groups -OCH3 is 1. The molecule has 0 aromatic heterocycles. The van der Waals surface area contributed by atoms with E-state index in [0.29, 0.717) is 16.5 Å². The second-order valence-electron chi connectivity index (χ2n) is 4.84. The molecular weight excluding hydrogens is 302 g/mol. The average Bonchev–Trinajstić information content (AvgIpc) is 2.29. The molecule has 0 saturated carbocycles. The Kier molecular flexibility index (Phi) is 5.83. The standard InChI is InChI=1S/C13H18ClNO4S/c1-9(2)7-20(17,18)8-13(16)15-12-5-4-10(19-3)6-11(12)14/h4-6,9H,7-8H2,1-3H3,(H,15,16). The molecule has 0 radical (unpaired) electrons. The highest BCUT2D eigenvalue weighted by Gasteiger charge is 2.19. The number of hydrogen-bond acceptors (Lipinski definition) is 4. The first-order valence-corrected chi connectivity index (χ1v) is 8.27. The van der Waals surface area contributed by atoms with Crippen molar-refractivity contribution in [3.63, 3.8) is 0 Å². The molecule has 1 aromatic carbocycles. The van der Waals surface area contributed by atoms with E-state index in [1.54, 1.807) is 32.0 Å². The average molecular weight is 320 g/mol. The number of nitrogens with one attached hydrogen (secondary N) is 1. The Balaban J connectivity index is 2.72. The summed E-state index contributed by atoms with van der Waals surface area (Å²) in [5, 5.41) is 2.78. The summed E-state index contributed by atoms with van der Waals surface area (Å²) in [5.74, 6) is -0.625. The van der Waals surface area contributed by atoms with Crippen molar-refractivity contribution in [3.8, 4) is 5.75 Å². The summed E-state index contributed by atoms with van der Waals surface area (Å²) in [4.78, 5) is 11.7. The summed E-state index contributed by atoms with van der Waals surface area (Å²) in [7, 11) is -1.90. The van der Waals surface area contributed by atoms with Crippen LogP contribution in [-0.2, 0) is 14.6 Å². The highest BCUT2D eigenvalue weighted by atomic mass is 35.5. The van der Waals surface area contributed by atoms with Crippen molar-refractivity contribution in [2.24, 2.45) is 5.92 Å². The van der Waals surface area contributed by atoms with Crippen LogP contribution in [0.5, 0.6) is 5.75 Å². The van der Waals surface area contributed by atoms with Gasteiger partial charge in [-0.2, -0.15) is 0 Å². The Morgan fingerprint density at radius 1 is 1.40 bits per heavy atom. The third kappa shape index (κ3) is 5.38. The third-order valence-corrected chi connectivity index (χ3v) is 4.58. The first-order valence-electron chi connectivity index (χ1n) is 6.07. The molecular formula is C13H18ClNO4S. The molecule has 7 heteroatoms. The van der Waals surface area contributed by atoms with Crippen molar-refractivity contribution >= 4 is 33.0 Å². The highest BCUT2D eigenvalue weighted by molar-refractivity contribution is 7.92. The Labute approximate surface area is 124 Å². The molecule has 1 amide bonds. The van der Waals surface area contributed by atoms with E-state index in [9.17, 15) is 13.2 Å². The van der Waals surface area contributed by atoms with Gasteiger partial charge in [0.15, 0.2) is 9.84 Å². The molecule has 0 aliphatic carbocycles. The second-order valence-corrected chi connectivity index (χ2v) is 7.36. The van der Waals surface area contributed by atoms with Crippen LogP contribution >= 0.6 is 11.6 Å². The first kappa shape index (κ1) is 16.8. The van der Waals surface area contributed by atoms with Gasteiger partial charge in [0.1, 0.15) is 11.5 Å². The van der Waals surface area contributed by atoms with Gasteiger partial charge in [0, 0.05) is 6.07 Å². The number of anilines is 1. The Morgan fingerprint density at radius 2 is 2.05 bits per heavy atom. The number of rotatable bonds is 6. The lowest BCUT2D eigenvalue weighted by Gasteiger charge is -2.10. The van der Waals surface area contributed by atoms with E-state index in [2.05, 4.69) is 5.32 Å². The second kappa shape index (κ2) is 6.95. The molecule has 1 N–H and O–H groups in total. The molecule has 20 heavy (non-hydrogen) atoms. The fraction of sp³-hybridized carbons (Fsp3) is 0.462. The highest BCUT2D eigenvalue weighted by Crippen LogP contribution is 2.26. The number of carbonyl (C=O) groups excluding carboxylic acids is 1. The largest absolute Gasteiger partial charge is 0.497 e. The molecule has 1 aromatic rings. The topological polar surface area (TPSA) is 72.5 Å². The lowest BCUT2D eigenvalue weighted by molar-refractivity contribution is -0.113. The van der Waals surface area contributed by atoms with E-state index in [0.717, 1.165) is 0 Å². The number of amides is 1. The summed E-state index contributed by atoms with van der Waals surface area (Å²) in [6.07, 6.45) is 0. The zero-order chi connectivity index (χ0) is 15.3. The molecule has 0 saturated heterocycles. The van der Waals surface area contributed by atoms with Gasteiger partial charge in [0.05, 0.1) is 23.6 Å². The van der Waals surface area contributed by atoms with Crippen LogP contribution in [0, 0.1) is 5.92 Å². The summed E-state index contributed by atoms with van der Waals surface area (Å²) in [6.45, 7) is 3.57. The predicted molar refractivity (Wildman–Crippen MR) is 80.1 cm³/mol. The molecule has 0 unspecified atom stereocenters. The SMILES string of the molecule is COc1ccc(NC(=O)CS(=O)(=O)CC(C)C)c(Cl)c1. The summed E-state index contributed by atoms with van der Waals surface area (Å²) >= 11 is 5.96. The molecule has 0 fully saturated rings. The van der Waals surface area contributed by atoms with Gasteiger partial charge in [-0.15, -0.1) is 0 Å². The van der Waals surface area contributed by atoms with Crippen LogP contribution in [0.2, 0.25) is 5.02 Å². The summed E-state index contributed by atoms with van der Waals surface area (Å²) in [6, 6.07) is 4.73. The van der Waals surface area contributed by atoms with Gasteiger partial charge in [-0.25, -0.2) is 8.42 Å². The van der Waals surface area contributed by atoms with E-state index in [-0.39, 0.29) is 11.7 Å². The number of hydrogen-bond donors (Lipinski definition) is 1. The number of halogens is 1. The number of benzene rings is 1. The van der Waals surface area contributed by atoms with Gasteiger partial charge in [0.25, 0.3) is 0 Å². The Hall–Kier alpha value is -1.27. The van der Waals surface area contributed by atoms with Crippen LogP contribution in [0.25, 0.3) is 0 Å². The van der Waals surface area contributed by atoms with Crippen LogP contribution in [0.1, 0.15) is 13.8 Å². The van der Waals surface area contributed by atoms with Gasteiger partial charge >= 0.3 is 0 Å². The number of ether oxygens (including phenoxy) is 1. The fourth-order valence-corrected chi connectivity index (χ4v) is 3.50. The summed E-state index contributed by atoms with van der Waals surface area (Å²) < 4.78 is 28.4.